The highest BCUT2D eigenvalue weighted by Crippen LogP contribution is 2.33. The minimum atomic E-state index is 0.0879. The maximum absolute atomic E-state index is 12.8. The maximum Gasteiger partial charge on any atom is 0.227 e. The topological polar surface area (TPSA) is 125 Å². The van der Waals surface area contributed by atoms with Crippen LogP contribution < -0.4 is 5.32 Å². The number of aromatic amines is 2. The number of pyridine rings is 3. The normalized spacial score (nSPS) is 14.2. The number of carbonyl (C=O) groups is 1. The second-order valence-electron chi connectivity index (χ2n) is 10.0. The zero-order valence-corrected chi connectivity index (χ0v) is 21.2. The van der Waals surface area contributed by atoms with Gasteiger partial charge in [-0.05, 0) is 54.8 Å². The molecule has 39 heavy (non-hydrogen) atoms. The maximum atomic E-state index is 12.8. The Kier molecular flexibility index (Phi) is 5.81. The third kappa shape index (κ3) is 4.41. The number of H-pyrrole nitrogens is 2. The van der Waals surface area contributed by atoms with Crippen molar-refractivity contribution in [3.8, 4) is 33.9 Å². The van der Waals surface area contributed by atoms with Crippen molar-refractivity contribution >= 4 is 33.5 Å². The number of hydrogen-bond acceptors (Lipinski definition) is 6. The molecule has 0 radical (unpaired) electrons. The summed E-state index contributed by atoms with van der Waals surface area (Å²) in [6, 6.07) is 13.8. The number of hydrogen-bond donors (Lipinski definition) is 3. The highest BCUT2D eigenvalue weighted by Gasteiger charge is 2.21. The van der Waals surface area contributed by atoms with E-state index in [1.807, 2.05) is 42.6 Å². The fourth-order valence-electron chi connectivity index (χ4n) is 5.41. The molecule has 0 atom stereocenters. The van der Waals surface area contributed by atoms with Crippen LogP contribution in [-0.4, -0.2) is 41.0 Å². The number of fused-ring (bicyclic) bond motifs is 2. The van der Waals surface area contributed by atoms with E-state index in [0.717, 1.165) is 75.7 Å². The number of benzene rings is 1. The van der Waals surface area contributed by atoms with Crippen LogP contribution in [0, 0.1) is 5.92 Å². The largest absolute Gasteiger partial charge is 0.336 e. The Morgan fingerprint density at radius 3 is 2.62 bits per heavy atom. The molecule has 192 valence electrons. The van der Waals surface area contributed by atoms with E-state index < -0.39 is 0 Å². The van der Waals surface area contributed by atoms with E-state index in [4.69, 9.17) is 4.98 Å². The number of aromatic nitrogens is 7. The summed E-state index contributed by atoms with van der Waals surface area (Å²) in [4.78, 5) is 34.3. The number of carbonyl (C=O) groups excluding carboxylic acids is 1. The van der Waals surface area contributed by atoms with Crippen LogP contribution in [0.1, 0.15) is 32.1 Å². The van der Waals surface area contributed by atoms with Crippen molar-refractivity contribution in [3.05, 3.63) is 73.4 Å². The lowest BCUT2D eigenvalue weighted by molar-refractivity contribution is -0.120. The van der Waals surface area contributed by atoms with Crippen LogP contribution in [0.25, 0.3) is 55.8 Å². The van der Waals surface area contributed by atoms with Gasteiger partial charge in [0.2, 0.25) is 5.91 Å². The van der Waals surface area contributed by atoms with E-state index >= 15 is 0 Å². The molecule has 1 aliphatic carbocycles. The third-order valence-corrected chi connectivity index (χ3v) is 7.44. The summed E-state index contributed by atoms with van der Waals surface area (Å²) in [5, 5.41) is 11.7. The average Bonchev–Trinajstić information content (AvgIpc) is 3.62. The SMILES string of the molecule is O=C(Nc1cncc(-c2ccc3[nH]nc(-c4nc5c(-c6cccnc6)nccc5[nH]4)c3c2)c1)C1CCCCC1. The van der Waals surface area contributed by atoms with Gasteiger partial charge in [-0.1, -0.05) is 25.3 Å². The molecular weight excluding hydrogens is 488 g/mol. The van der Waals surface area contributed by atoms with Crippen molar-refractivity contribution in [1.82, 2.24) is 35.1 Å². The number of anilines is 1. The summed E-state index contributed by atoms with van der Waals surface area (Å²) >= 11 is 0. The first-order chi connectivity index (χ1) is 19.2. The Labute approximate surface area is 224 Å². The monoisotopic (exact) mass is 514 g/mol. The number of imidazole rings is 1. The van der Waals surface area contributed by atoms with Gasteiger partial charge in [0.15, 0.2) is 5.82 Å². The van der Waals surface area contributed by atoms with Gasteiger partial charge in [-0.3, -0.25) is 24.8 Å². The van der Waals surface area contributed by atoms with Crippen molar-refractivity contribution in [2.45, 2.75) is 32.1 Å². The minimum Gasteiger partial charge on any atom is -0.336 e. The molecule has 1 fully saturated rings. The smallest absolute Gasteiger partial charge is 0.227 e. The molecule has 0 saturated heterocycles. The molecule has 9 nitrogen and oxygen atoms in total. The number of nitrogens with zero attached hydrogens (tertiary/aromatic N) is 5. The Morgan fingerprint density at radius 2 is 1.74 bits per heavy atom. The van der Waals surface area contributed by atoms with Crippen LogP contribution in [0.15, 0.2) is 73.4 Å². The standard InChI is InChI=1S/C30H26N8O/c39-30(18-5-2-1-3-6-18)34-22-13-21(16-32-17-22)19-8-9-24-23(14-19)27(38-37-24)29-35-25-10-12-33-26(28(25)36-29)20-7-4-11-31-15-20/h4,7-18H,1-3,5-6H2,(H,34,39)(H,35,36)(H,37,38). The van der Waals surface area contributed by atoms with Crippen LogP contribution in [0.3, 0.4) is 0 Å². The van der Waals surface area contributed by atoms with E-state index in [9.17, 15) is 4.79 Å². The summed E-state index contributed by atoms with van der Waals surface area (Å²) in [5.41, 5.74) is 7.52. The molecule has 3 N–H and O–H groups in total. The van der Waals surface area contributed by atoms with Crippen molar-refractivity contribution in [1.29, 1.82) is 0 Å². The van der Waals surface area contributed by atoms with Crippen molar-refractivity contribution in [2.75, 3.05) is 5.32 Å². The quantitative estimate of drug-likeness (QED) is 0.254. The van der Waals surface area contributed by atoms with Crippen molar-refractivity contribution in [3.63, 3.8) is 0 Å². The summed E-state index contributed by atoms with van der Waals surface area (Å²) in [6.07, 6.45) is 14.2. The lowest BCUT2D eigenvalue weighted by Gasteiger charge is -2.20. The highest BCUT2D eigenvalue weighted by molar-refractivity contribution is 5.98. The number of amides is 1. The average molecular weight is 515 g/mol. The van der Waals surface area contributed by atoms with Crippen LogP contribution in [0.5, 0.6) is 0 Å². The molecule has 9 heteroatoms. The number of rotatable bonds is 5. The Morgan fingerprint density at radius 1 is 0.846 bits per heavy atom. The molecule has 0 bridgehead atoms. The van der Waals surface area contributed by atoms with Gasteiger partial charge < -0.3 is 10.3 Å². The van der Waals surface area contributed by atoms with Gasteiger partial charge in [0.25, 0.3) is 0 Å². The summed E-state index contributed by atoms with van der Waals surface area (Å²) in [6.45, 7) is 0. The molecule has 1 aromatic carbocycles. The van der Waals surface area contributed by atoms with Crippen LogP contribution in [0.4, 0.5) is 5.69 Å². The molecule has 0 unspecified atom stereocenters. The van der Waals surface area contributed by atoms with E-state index in [-0.39, 0.29) is 11.8 Å². The zero-order valence-electron chi connectivity index (χ0n) is 21.2. The van der Waals surface area contributed by atoms with Crippen molar-refractivity contribution in [2.24, 2.45) is 5.92 Å². The minimum absolute atomic E-state index is 0.0879. The molecule has 7 rings (SSSR count). The third-order valence-electron chi connectivity index (χ3n) is 7.44. The van der Waals surface area contributed by atoms with Gasteiger partial charge in [0.05, 0.1) is 28.6 Å². The molecule has 1 aliphatic rings. The van der Waals surface area contributed by atoms with Gasteiger partial charge in [0, 0.05) is 47.2 Å². The first kappa shape index (κ1) is 23.2. The lowest BCUT2D eigenvalue weighted by atomic mass is 9.88. The predicted molar refractivity (Wildman–Crippen MR) is 151 cm³/mol. The fraction of sp³-hybridized carbons (Fsp3) is 0.200. The van der Waals surface area contributed by atoms with Gasteiger partial charge in [-0.25, -0.2) is 4.98 Å². The van der Waals surface area contributed by atoms with E-state index in [2.05, 4.69) is 41.5 Å². The van der Waals surface area contributed by atoms with E-state index in [0.29, 0.717) is 11.5 Å². The lowest BCUT2D eigenvalue weighted by Crippen LogP contribution is -2.24. The molecule has 6 aromatic rings. The Bertz CT molecular complexity index is 1800. The van der Waals surface area contributed by atoms with Gasteiger partial charge in [-0.15, -0.1) is 0 Å². The Hall–Kier alpha value is -4.92. The number of nitrogens with one attached hydrogen (secondary N) is 3. The van der Waals surface area contributed by atoms with Crippen LogP contribution in [0.2, 0.25) is 0 Å². The summed E-state index contributed by atoms with van der Waals surface area (Å²) in [7, 11) is 0. The molecule has 1 amide bonds. The predicted octanol–water partition coefficient (Wildman–Crippen LogP) is 6.14. The Balaban J connectivity index is 1.23. The van der Waals surface area contributed by atoms with Crippen LogP contribution >= 0.6 is 0 Å². The summed E-state index contributed by atoms with van der Waals surface area (Å²) < 4.78 is 0. The highest BCUT2D eigenvalue weighted by atomic mass is 16.1. The second-order valence-corrected chi connectivity index (χ2v) is 10.0. The molecule has 1 saturated carbocycles. The molecule has 0 spiro atoms. The first-order valence-corrected chi connectivity index (χ1v) is 13.2. The molecule has 5 aromatic heterocycles. The van der Waals surface area contributed by atoms with Gasteiger partial charge in [-0.2, -0.15) is 5.10 Å². The van der Waals surface area contributed by atoms with E-state index in [1.54, 1.807) is 24.8 Å². The fourth-order valence-corrected chi connectivity index (χ4v) is 5.41. The molecule has 0 aliphatic heterocycles. The first-order valence-electron chi connectivity index (χ1n) is 13.2. The van der Waals surface area contributed by atoms with Gasteiger partial charge in [0.1, 0.15) is 11.2 Å². The molecule has 5 heterocycles. The summed E-state index contributed by atoms with van der Waals surface area (Å²) in [5.74, 6) is 0.828. The zero-order chi connectivity index (χ0) is 26.2. The second kappa shape index (κ2) is 9.75. The van der Waals surface area contributed by atoms with Crippen LogP contribution in [-0.2, 0) is 4.79 Å². The van der Waals surface area contributed by atoms with E-state index in [1.165, 1.54) is 6.42 Å². The molecular formula is C30H26N8O. The van der Waals surface area contributed by atoms with Crippen molar-refractivity contribution < 1.29 is 4.79 Å². The van der Waals surface area contributed by atoms with Gasteiger partial charge >= 0.3 is 0 Å².